The van der Waals surface area contributed by atoms with Crippen LogP contribution >= 0.6 is 0 Å². The second-order valence-corrected chi connectivity index (χ2v) is 7.82. The number of imidazole rings is 1. The van der Waals surface area contributed by atoms with E-state index < -0.39 is 27.8 Å². The molecule has 3 aromatic rings. The molecule has 2 heterocycles. The summed E-state index contributed by atoms with van der Waals surface area (Å²) in [5, 5.41) is 0. The number of nitrogens with zero attached hydrogens (tertiary/aromatic N) is 3. The lowest BCUT2D eigenvalue weighted by Crippen LogP contribution is -2.28. The van der Waals surface area contributed by atoms with E-state index in [-0.39, 0.29) is 22.1 Å². The summed E-state index contributed by atoms with van der Waals surface area (Å²) in [6, 6.07) is 9.87. The van der Waals surface area contributed by atoms with Gasteiger partial charge in [-0.2, -0.15) is 13.2 Å². The number of amides is 1. The van der Waals surface area contributed by atoms with Gasteiger partial charge in [-0.15, -0.1) is 0 Å². The molecule has 0 unspecified atom stereocenters. The van der Waals surface area contributed by atoms with Crippen molar-refractivity contribution < 1.29 is 26.4 Å². The van der Waals surface area contributed by atoms with E-state index in [2.05, 4.69) is 9.97 Å². The fourth-order valence-corrected chi connectivity index (χ4v) is 3.59. The maximum absolute atomic E-state index is 13.2. The number of carbonyl (C=O) groups is 1. The lowest BCUT2D eigenvalue weighted by atomic mass is 10.2. The van der Waals surface area contributed by atoms with E-state index >= 15 is 0 Å². The Morgan fingerprint density at radius 1 is 1.07 bits per heavy atom. The van der Waals surface area contributed by atoms with Gasteiger partial charge in [-0.25, -0.2) is 23.1 Å². The summed E-state index contributed by atoms with van der Waals surface area (Å²) in [5.41, 5.74) is -0.0309. The Bertz CT molecular complexity index is 1170. The Balaban J connectivity index is 2.10. The number of hydrogen-bond acceptors (Lipinski definition) is 5. The van der Waals surface area contributed by atoms with Crippen LogP contribution in [0.1, 0.15) is 18.3 Å². The fourth-order valence-electron chi connectivity index (χ4n) is 2.60. The van der Waals surface area contributed by atoms with E-state index in [1.54, 1.807) is 19.1 Å². The van der Waals surface area contributed by atoms with Crippen LogP contribution in [0.15, 0.2) is 53.6 Å². The van der Waals surface area contributed by atoms with Gasteiger partial charge in [-0.05, 0) is 43.3 Å². The zero-order valence-corrected chi connectivity index (χ0v) is 16.0. The van der Waals surface area contributed by atoms with Crippen molar-refractivity contribution in [1.29, 1.82) is 0 Å². The van der Waals surface area contributed by atoms with Gasteiger partial charge in [0.25, 0.3) is 10.0 Å². The predicted octanol–water partition coefficient (Wildman–Crippen LogP) is 3.09. The Hall–Kier alpha value is -3.21. The molecular formula is C18H15F3N4O3S. The maximum atomic E-state index is 13.2. The highest BCUT2D eigenvalue weighted by atomic mass is 32.2. The summed E-state index contributed by atoms with van der Waals surface area (Å²) in [7, 11) is -4.06. The van der Waals surface area contributed by atoms with E-state index in [1.165, 1.54) is 34.9 Å². The molecule has 0 radical (unpaired) electrons. The number of benzene rings is 1. The van der Waals surface area contributed by atoms with Crippen molar-refractivity contribution in [3.05, 3.63) is 60.0 Å². The van der Waals surface area contributed by atoms with Gasteiger partial charge in [0.15, 0.2) is 11.5 Å². The summed E-state index contributed by atoms with van der Waals surface area (Å²) >= 11 is 0. The first-order chi connectivity index (χ1) is 13.5. The van der Waals surface area contributed by atoms with Crippen molar-refractivity contribution in [3.63, 3.8) is 0 Å². The van der Waals surface area contributed by atoms with Crippen LogP contribution in [0.3, 0.4) is 0 Å². The third-order valence-electron chi connectivity index (χ3n) is 3.82. The summed E-state index contributed by atoms with van der Waals surface area (Å²) in [4.78, 5) is 18.7. The monoisotopic (exact) mass is 424 g/mol. The number of aromatic nitrogens is 3. The van der Waals surface area contributed by atoms with Gasteiger partial charge in [0.05, 0.1) is 4.90 Å². The molecular weight excluding hydrogens is 409 g/mol. The van der Waals surface area contributed by atoms with Crippen LogP contribution in [0.4, 0.5) is 13.2 Å². The lowest BCUT2D eigenvalue weighted by molar-refractivity contribution is -0.140. The van der Waals surface area contributed by atoms with E-state index in [1.807, 2.05) is 4.72 Å². The molecule has 0 spiro atoms. The minimum Gasteiger partial charge on any atom is -0.298 e. The Morgan fingerprint density at radius 3 is 2.28 bits per heavy atom. The summed E-state index contributed by atoms with van der Waals surface area (Å²) < 4.78 is 66.7. The molecule has 0 aliphatic rings. The molecule has 1 amide bonds. The van der Waals surface area contributed by atoms with Crippen LogP contribution < -0.4 is 4.72 Å². The molecule has 7 nitrogen and oxygen atoms in total. The van der Waals surface area contributed by atoms with Crippen molar-refractivity contribution in [2.24, 2.45) is 0 Å². The molecule has 1 aromatic carbocycles. The summed E-state index contributed by atoms with van der Waals surface area (Å²) in [6.07, 6.45) is -3.85. The number of sulfonamides is 1. The van der Waals surface area contributed by atoms with Gasteiger partial charge in [0.2, 0.25) is 5.91 Å². The first-order valence-electron chi connectivity index (χ1n) is 8.22. The minimum absolute atomic E-state index is 0.0431. The molecule has 0 atom stereocenters. The Morgan fingerprint density at radius 2 is 1.72 bits per heavy atom. The number of pyridine rings is 1. The molecule has 0 aliphatic heterocycles. The zero-order chi connectivity index (χ0) is 21.4. The van der Waals surface area contributed by atoms with Crippen LogP contribution in [0.25, 0.3) is 17.2 Å². The molecule has 2 aromatic heterocycles. The van der Waals surface area contributed by atoms with Crippen LogP contribution in [0, 0.1) is 6.92 Å². The molecule has 3 rings (SSSR count). The topological polar surface area (TPSA) is 94.0 Å². The van der Waals surface area contributed by atoms with E-state index in [9.17, 15) is 26.4 Å². The highest BCUT2D eigenvalue weighted by Gasteiger charge is 2.35. The van der Waals surface area contributed by atoms with Crippen LogP contribution in [0.2, 0.25) is 0 Å². The van der Waals surface area contributed by atoms with E-state index in [4.69, 9.17) is 0 Å². The number of rotatable bonds is 4. The summed E-state index contributed by atoms with van der Waals surface area (Å²) in [6.45, 7) is 2.75. The Labute approximate surface area is 164 Å². The first-order valence-corrected chi connectivity index (χ1v) is 9.70. The SMILES string of the molecule is CC(=O)NS(=O)(=O)c1ccc(-n2cc(C(F)(F)F)nc2-c2cccc(C)n2)cc1. The van der Waals surface area contributed by atoms with Crippen molar-refractivity contribution in [3.8, 4) is 17.2 Å². The smallest absolute Gasteiger partial charge is 0.298 e. The van der Waals surface area contributed by atoms with Gasteiger partial charge >= 0.3 is 6.18 Å². The van der Waals surface area contributed by atoms with Gasteiger partial charge in [0.1, 0.15) is 5.69 Å². The molecule has 29 heavy (non-hydrogen) atoms. The zero-order valence-electron chi connectivity index (χ0n) is 15.2. The second-order valence-electron chi connectivity index (χ2n) is 6.14. The van der Waals surface area contributed by atoms with Gasteiger partial charge < -0.3 is 0 Å². The summed E-state index contributed by atoms with van der Waals surface area (Å²) in [5.74, 6) is -0.801. The van der Waals surface area contributed by atoms with Crippen LogP contribution in [-0.2, 0) is 21.0 Å². The number of nitrogens with one attached hydrogen (secondary N) is 1. The molecule has 0 saturated heterocycles. The average Bonchev–Trinajstić information content (AvgIpc) is 3.06. The predicted molar refractivity (Wildman–Crippen MR) is 97.5 cm³/mol. The molecule has 0 bridgehead atoms. The third kappa shape index (κ3) is 4.45. The molecule has 152 valence electrons. The number of alkyl halides is 3. The van der Waals surface area contributed by atoms with Crippen molar-refractivity contribution in [2.75, 3.05) is 0 Å². The highest BCUT2D eigenvalue weighted by molar-refractivity contribution is 7.90. The van der Waals surface area contributed by atoms with E-state index in [0.29, 0.717) is 5.69 Å². The Kier molecular flexibility index (Phi) is 5.18. The quantitative estimate of drug-likeness (QED) is 0.695. The van der Waals surface area contributed by atoms with Gasteiger partial charge in [-0.3, -0.25) is 9.36 Å². The maximum Gasteiger partial charge on any atom is 0.434 e. The first kappa shape index (κ1) is 20.5. The third-order valence-corrected chi connectivity index (χ3v) is 5.27. The fraction of sp³-hybridized carbons (Fsp3) is 0.167. The van der Waals surface area contributed by atoms with Gasteiger partial charge in [-0.1, -0.05) is 6.07 Å². The van der Waals surface area contributed by atoms with E-state index in [0.717, 1.165) is 13.1 Å². The van der Waals surface area contributed by atoms with Crippen LogP contribution in [0.5, 0.6) is 0 Å². The second kappa shape index (κ2) is 7.32. The van der Waals surface area contributed by atoms with Crippen LogP contribution in [-0.4, -0.2) is 28.9 Å². The van der Waals surface area contributed by atoms with Crippen molar-refractivity contribution >= 4 is 15.9 Å². The number of carbonyl (C=O) groups excluding carboxylic acids is 1. The van der Waals surface area contributed by atoms with Crippen molar-refractivity contribution in [2.45, 2.75) is 24.9 Å². The minimum atomic E-state index is -4.67. The van der Waals surface area contributed by atoms with Gasteiger partial charge in [0, 0.05) is 24.5 Å². The lowest BCUT2D eigenvalue weighted by Gasteiger charge is -2.09. The standard InChI is InChI=1S/C18H15F3N4O3S/c1-11-4-3-5-15(22-11)17-23-16(18(19,20)21)10-25(17)13-6-8-14(9-7-13)29(27,28)24-12(2)26/h3-10H,1-2H3,(H,24,26). The number of halogens is 3. The largest absolute Gasteiger partial charge is 0.434 e. The molecule has 0 saturated carbocycles. The highest BCUT2D eigenvalue weighted by Crippen LogP contribution is 2.32. The molecule has 0 fully saturated rings. The molecule has 1 N–H and O–H groups in total. The average molecular weight is 424 g/mol. The molecule has 11 heteroatoms. The van der Waals surface area contributed by atoms with Crippen molar-refractivity contribution in [1.82, 2.24) is 19.3 Å². The normalized spacial score (nSPS) is 12.0. The number of aryl methyl sites for hydroxylation is 1. The molecule has 0 aliphatic carbocycles. The number of hydrogen-bond donors (Lipinski definition) is 1.